The van der Waals surface area contributed by atoms with Crippen molar-refractivity contribution in [2.24, 2.45) is 0 Å². The van der Waals surface area contributed by atoms with E-state index in [-0.39, 0.29) is 6.03 Å². The third kappa shape index (κ3) is 2.77. The molecular weight excluding hydrogens is 303 g/mol. The summed E-state index contributed by atoms with van der Waals surface area (Å²) < 4.78 is 0.402. The van der Waals surface area contributed by atoms with Gasteiger partial charge in [-0.05, 0) is 25.7 Å². The predicted molar refractivity (Wildman–Crippen MR) is 69.4 cm³/mol. The van der Waals surface area contributed by atoms with Gasteiger partial charge < -0.3 is 9.80 Å². The van der Waals surface area contributed by atoms with E-state index in [1.807, 2.05) is 9.80 Å². The molecule has 0 aliphatic carbocycles. The van der Waals surface area contributed by atoms with Crippen LogP contribution >= 0.6 is 22.6 Å². The Labute approximate surface area is 105 Å². The summed E-state index contributed by atoms with van der Waals surface area (Å²) in [5.41, 5.74) is 0. The molecule has 0 N–H and O–H groups in total. The maximum Gasteiger partial charge on any atom is 0.319 e. The number of piperidine rings is 1. The first-order valence-electron chi connectivity index (χ1n) is 5.81. The second-order valence-corrected chi connectivity index (χ2v) is 7.48. The SMILES string of the molecule is CC1(I)CCN(C(=O)N2CCCC2)CC1. The van der Waals surface area contributed by atoms with Gasteiger partial charge in [-0.2, -0.15) is 0 Å². The summed E-state index contributed by atoms with van der Waals surface area (Å²) in [7, 11) is 0. The fraction of sp³-hybridized carbons (Fsp3) is 0.909. The largest absolute Gasteiger partial charge is 0.325 e. The highest BCUT2D eigenvalue weighted by atomic mass is 127. The Kier molecular flexibility index (Phi) is 3.42. The molecular formula is C11H19IN2O. The van der Waals surface area contributed by atoms with Gasteiger partial charge in [0, 0.05) is 29.6 Å². The van der Waals surface area contributed by atoms with Gasteiger partial charge in [-0.1, -0.05) is 29.5 Å². The van der Waals surface area contributed by atoms with E-state index in [9.17, 15) is 4.79 Å². The minimum absolute atomic E-state index is 0.277. The van der Waals surface area contributed by atoms with Crippen LogP contribution in [0.4, 0.5) is 4.79 Å². The zero-order valence-electron chi connectivity index (χ0n) is 9.34. The van der Waals surface area contributed by atoms with Crippen molar-refractivity contribution >= 4 is 28.6 Å². The topological polar surface area (TPSA) is 23.6 Å². The number of urea groups is 1. The zero-order valence-corrected chi connectivity index (χ0v) is 11.5. The van der Waals surface area contributed by atoms with Crippen LogP contribution in [0.25, 0.3) is 0 Å². The minimum Gasteiger partial charge on any atom is -0.325 e. The van der Waals surface area contributed by atoms with Crippen LogP contribution < -0.4 is 0 Å². The Morgan fingerprint density at radius 2 is 1.53 bits per heavy atom. The predicted octanol–water partition coefficient (Wildman–Crippen LogP) is 2.49. The number of carbonyl (C=O) groups excluding carboxylic acids is 1. The second kappa shape index (κ2) is 4.47. The van der Waals surface area contributed by atoms with Crippen molar-refractivity contribution in [1.82, 2.24) is 9.80 Å². The number of halogens is 1. The molecule has 2 aliphatic rings. The van der Waals surface area contributed by atoms with Gasteiger partial charge in [-0.25, -0.2) is 4.79 Å². The van der Waals surface area contributed by atoms with Gasteiger partial charge in [0.1, 0.15) is 0 Å². The van der Waals surface area contributed by atoms with Crippen molar-refractivity contribution in [1.29, 1.82) is 0 Å². The zero-order chi connectivity index (χ0) is 10.9. The molecule has 2 amide bonds. The first-order valence-corrected chi connectivity index (χ1v) is 6.89. The maximum absolute atomic E-state index is 12.1. The monoisotopic (exact) mass is 322 g/mol. The summed E-state index contributed by atoms with van der Waals surface area (Å²) in [6.45, 7) is 6.10. The fourth-order valence-electron chi connectivity index (χ4n) is 2.27. The van der Waals surface area contributed by atoms with E-state index in [4.69, 9.17) is 0 Å². The molecule has 0 radical (unpaired) electrons. The smallest absolute Gasteiger partial charge is 0.319 e. The highest BCUT2D eigenvalue weighted by Crippen LogP contribution is 2.31. The van der Waals surface area contributed by atoms with Gasteiger partial charge >= 0.3 is 6.03 Å². The third-order valence-corrected chi connectivity index (χ3v) is 4.53. The molecule has 0 bridgehead atoms. The summed E-state index contributed by atoms with van der Waals surface area (Å²) in [6, 6.07) is 0.277. The summed E-state index contributed by atoms with van der Waals surface area (Å²) in [5.74, 6) is 0. The lowest BCUT2D eigenvalue weighted by molar-refractivity contribution is 0.148. The molecule has 0 aromatic rings. The van der Waals surface area contributed by atoms with Gasteiger partial charge in [-0.3, -0.25) is 0 Å². The van der Waals surface area contributed by atoms with Gasteiger partial charge in [0.2, 0.25) is 0 Å². The average Bonchev–Trinajstić information content (AvgIpc) is 2.69. The highest BCUT2D eigenvalue weighted by molar-refractivity contribution is 14.1. The van der Waals surface area contributed by atoms with Crippen molar-refractivity contribution in [2.75, 3.05) is 26.2 Å². The molecule has 0 saturated carbocycles. The van der Waals surface area contributed by atoms with E-state index >= 15 is 0 Å². The van der Waals surface area contributed by atoms with Crippen LogP contribution in [0.3, 0.4) is 0 Å². The average molecular weight is 322 g/mol. The molecule has 2 rings (SSSR count). The first kappa shape index (κ1) is 11.5. The van der Waals surface area contributed by atoms with Gasteiger partial charge in [0.05, 0.1) is 0 Å². The Morgan fingerprint density at radius 1 is 1.07 bits per heavy atom. The van der Waals surface area contributed by atoms with Crippen molar-refractivity contribution in [3.8, 4) is 0 Å². The number of hydrogen-bond acceptors (Lipinski definition) is 1. The lowest BCUT2D eigenvalue weighted by Gasteiger charge is -2.37. The standard InChI is InChI=1S/C11H19IN2O/c1-11(12)4-8-14(9-5-11)10(15)13-6-2-3-7-13/h2-9H2,1H3. The highest BCUT2D eigenvalue weighted by Gasteiger charge is 2.31. The Morgan fingerprint density at radius 3 is 2.07 bits per heavy atom. The van der Waals surface area contributed by atoms with E-state index in [2.05, 4.69) is 29.5 Å². The van der Waals surface area contributed by atoms with Gasteiger partial charge in [0.25, 0.3) is 0 Å². The van der Waals surface area contributed by atoms with E-state index in [1.165, 1.54) is 12.8 Å². The van der Waals surface area contributed by atoms with Gasteiger partial charge in [0.15, 0.2) is 0 Å². The third-order valence-electron chi connectivity index (χ3n) is 3.45. The lowest BCUT2D eigenvalue weighted by atomic mass is 9.99. The summed E-state index contributed by atoms with van der Waals surface area (Å²) >= 11 is 2.52. The van der Waals surface area contributed by atoms with E-state index in [0.29, 0.717) is 3.42 Å². The Hall–Kier alpha value is 0. The maximum atomic E-state index is 12.1. The number of amides is 2. The molecule has 0 spiro atoms. The van der Waals surface area contributed by atoms with Crippen molar-refractivity contribution < 1.29 is 4.79 Å². The number of nitrogens with zero attached hydrogens (tertiary/aromatic N) is 2. The number of alkyl halides is 1. The van der Waals surface area contributed by atoms with Crippen LogP contribution in [-0.2, 0) is 0 Å². The van der Waals surface area contributed by atoms with Crippen LogP contribution in [0.5, 0.6) is 0 Å². The molecule has 2 heterocycles. The molecule has 2 fully saturated rings. The molecule has 3 nitrogen and oxygen atoms in total. The molecule has 0 atom stereocenters. The molecule has 0 unspecified atom stereocenters. The van der Waals surface area contributed by atoms with Crippen LogP contribution in [0.15, 0.2) is 0 Å². The van der Waals surface area contributed by atoms with E-state index in [1.54, 1.807) is 0 Å². The van der Waals surface area contributed by atoms with Crippen molar-refractivity contribution in [3.05, 3.63) is 0 Å². The van der Waals surface area contributed by atoms with Crippen molar-refractivity contribution in [2.45, 2.75) is 36.0 Å². The van der Waals surface area contributed by atoms with Crippen molar-refractivity contribution in [3.63, 3.8) is 0 Å². The Bertz CT molecular complexity index is 239. The quantitative estimate of drug-likeness (QED) is 0.496. The van der Waals surface area contributed by atoms with E-state index < -0.39 is 0 Å². The number of rotatable bonds is 0. The number of hydrogen-bond donors (Lipinski definition) is 0. The first-order chi connectivity index (χ1) is 7.08. The molecule has 0 aromatic carbocycles. The van der Waals surface area contributed by atoms with Crippen LogP contribution in [0.1, 0.15) is 32.6 Å². The molecule has 4 heteroatoms. The normalized spacial score (nSPS) is 25.7. The van der Waals surface area contributed by atoms with Crippen LogP contribution in [0, 0.1) is 0 Å². The number of carbonyl (C=O) groups is 1. The Balaban J connectivity index is 1.87. The molecule has 0 aromatic heterocycles. The van der Waals surface area contributed by atoms with Crippen LogP contribution in [-0.4, -0.2) is 45.4 Å². The second-order valence-electron chi connectivity index (χ2n) is 4.88. The minimum atomic E-state index is 0.277. The van der Waals surface area contributed by atoms with Gasteiger partial charge in [-0.15, -0.1) is 0 Å². The lowest BCUT2D eigenvalue weighted by Crippen LogP contribution is -2.48. The summed E-state index contributed by atoms with van der Waals surface area (Å²) in [5, 5.41) is 0. The molecule has 86 valence electrons. The molecule has 2 aliphatic heterocycles. The van der Waals surface area contributed by atoms with Crippen LogP contribution in [0.2, 0.25) is 0 Å². The number of likely N-dealkylation sites (tertiary alicyclic amines) is 2. The fourth-order valence-corrected chi connectivity index (χ4v) is 2.76. The summed E-state index contributed by atoms with van der Waals surface area (Å²) in [4.78, 5) is 16.1. The molecule has 15 heavy (non-hydrogen) atoms. The molecule has 2 saturated heterocycles. The summed E-state index contributed by atoms with van der Waals surface area (Å²) in [6.07, 6.45) is 4.63. The van der Waals surface area contributed by atoms with E-state index in [0.717, 1.165) is 39.0 Å².